The van der Waals surface area contributed by atoms with Gasteiger partial charge >= 0.3 is 6.03 Å². The standard InChI is InChI=1S/C17H23N5O4S2/c1-4-26-13-7-5-12(6-8-13)18-16(23)20-17-19-14-9-10-22(11-15(14)27-17)28(24,25)21(2)3/h5-8H,4,9-11H2,1-3H3,(H2,18,19,20,23). The topological polar surface area (TPSA) is 104 Å². The van der Waals surface area contributed by atoms with E-state index in [2.05, 4.69) is 15.6 Å². The summed E-state index contributed by atoms with van der Waals surface area (Å²) >= 11 is 1.29. The van der Waals surface area contributed by atoms with E-state index in [0.29, 0.717) is 30.4 Å². The first-order valence-corrected chi connectivity index (χ1v) is 11.0. The number of carbonyl (C=O) groups excluding carboxylic acids is 1. The zero-order valence-electron chi connectivity index (χ0n) is 15.9. The third kappa shape index (κ3) is 4.61. The van der Waals surface area contributed by atoms with Gasteiger partial charge in [-0.25, -0.2) is 9.78 Å². The zero-order chi connectivity index (χ0) is 20.3. The molecule has 0 radical (unpaired) electrons. The fourth-order valence-electron chi connectivity index (χ4n) is 2.71. The predicted octanol–water partition coefficient (Wildman–Crippen LogP) is 2.35. The van der Waals surface area contributed by atoms with E-state index < -0.39 is 16.2 Å². The summed E-state index contributed by atoms with van der Waals surface area (Å²) < 4.78 is 32.6. The van der Waals surface area contributed by atoms with Gasteiger partial charge in [0.1, 0.15) is 5.75 Å². The number of nitrogens with zero attached hydrogens (tertiary/aromatic N) is 3. The van der Waals surface area contributed by atoms with Gasteiger partial charge in [-0.15, -0.1) is 0 Å². The number of rotatable bonds is 6. The molecule has 28 heavy (non-hydrogen) atoms. The average molecular weight is 426 g/mol. The van der Waals surface area contributed by atoms with Crippen molar-refractivity contribution in [3.63, 3.8) is 0 Å². The predicted molar refractivity (Wildman–Crippen MR) is 109 cm³/mol. The summed E-state index contributed by atoms with van der Waals surface area (Å²) in [6, 6.07) is 6.65. The normalized spacial score (nSPS) is 14.6. The van der Waals surface area contributed by atoms with Gasteiger partial charge in [-0.1, -0.05) is 11.3 Å². The van der Waals surface area contributed by atoms with Crippen LogP contribution in [0.5, 0.6) is 5.75 Å². The van der Waals surface area contributed by atoms with Gasteiger partial charge in [-0.3, -0.25) is 5.32 Å². The van der Waals surface area contributed by atoms with E-state index >= 15 is 0 Å². The Kier molecular flexibility index (Phi) is 6.18. The lowest BCUT2D eigenvalue weighted by Gasteiger charge is -2.27. The molecular weight excluding hydrogens is 402 g/mol. The quantitative estimate of drug-likeness (QED) is 0.739. The molecule has 11 heteroatoms. The number of aromatic nitrogens is 1. The van der Waals surface area contributed by atoms with Crippen molar-refractivity contribution in [2.75, 3.05) is 37.9 Å². The number of anilines is 2. The number of urea groups is 1. The highest BCUT2D eigenvalue weighted by atomic mass is 32.2. The highest BCUT2D eigenvalue weighted by Crippen LogP contribution is 2.30. The Hall–Kier alpha value is -2.21. The van der Waals surface area contributed by atoms with Gasteiger partial charge in [0.2, 0.25) is 0 Å². The van der Waals surface area contributed by atoms with Crippen LogP contribution in [0.3, 0.4) is 0 Å². The molecule has 2 amide bonds. The van der Waals surface area contributed by atoms with Crippen LogP contribution in [0.15, 0.2) is 24.3 Å². The van der Waals surface area contributed by atoms with E-state index in [1.807, 2.05) is 6.92 Å². The van der Waals surface area contributed by atoms with Crippen molar-refractivity contribution < 1.29 is 17.9 Å². The maximum absolute atomic E-state index is 12.3. The third-order valence-electron chi connectivity index (χ3n) is 4.13. The number of hydrogen-bond acceptors (Lipinski definition) is 6. The fourth-order valence-corrected chi connectivity index (χ4v) is 4.89. The van der Waals surface area contributed by atoms with Crippen molar-refractivity contribution in [2.45, 2.75) is 19.9 Å². The molecule has 0 bridgehead atoms. The molecule has 3 rings (SSSR count). The molecule has 2 N–H and O–H groups in total. The van der Waals surface area contributed by atoms with Gasteiger partial charge in [-0.05, 0) is 31.2 Å². The Morgan fingerprint density at radius 1 is 1.29 bits per heavy atom. The molecule has 0 unspecified atom stereocenters. The number of nitrogens with one attached hydrogen (secondary N) is 2. The molecule has 0 atom stereocenters. The largest absolute Gasteiger partial charge is 0.494 e. The number of amides is 2. The van der Waals surface area contributed by atoms with Crippen LogP contribution in [0.1, 0.15) is 17.5 Å². The second kappa shape index (κ2) is 8.43. The van der Waals surface area contributed by atoms with E-state index in [9.17, 15) is 13.2 Å². The molecule has 2 heterocycles. The number of ether oxygens (including phenoxy) is 1. The van der Waals surface area contributed by atoms with Crippen molar-refractivity contribution >= 4 is 38.4 Å². The number of carbonyl (C=O) groups is 1. The van der Waals surface area contributed by atoms with Crippen molar-refractivity contribution in [3.8, 4) is 5.75 Å². The highest BCUT2D eigenvalue weighted by Gasteiger charge is 2.30. The van der Waals surface area contributed by atoms with Crippen LogP contribution in [0.4, 0.5) is 15.6 Å². The Morgan fingerprint density at radius 2 is 2.00 bits per heavy atom. The molecule has 0 aliphatic carbocycles. The number of hydrogen-bond donors (Lipinski definition) is 2. The summed E-state index contributed by atoms with van der Waals surface area (Å²) in [5.74, 6) is 0.735. The fraction of sp³-hybridized carbons (Fsp3) is 0.412. The van der Waals surface area contributed by atoms with Gasteiger partial charge in [0, 0.05) is 37.6 Å². The van der Waals surface area contributed by atoms with E-state index in [4.69, 9.17) is 4.74 Å². The monoisotopic (exact) mass is 425 g/mol. The van der Waals surface area contributed by atoms with E-state index in [-0.39, 0.29) is 6.54 Å². The molecule has 1 aromatic carbocycles. The van der Waals surface area contributed by atoms with Crippen LogP contribution in [-0.2, 0) is 23.2 Å². The number of benzene rings is 1. The van der Waals surface area contributed by atoms with E-state index in [1.165, 1.54) is 34.0 Å². The molecule has 0 saturated carbocycles. The lowest BCUT2D eigenvalue weighted by atomic mass is 10.2. The Bertz CT molecular complexity index is 941. The third-order valence-corrected chi connectivity index (χ3v) is 7.01. The zero-order valence-corrected chi connectivity index (χ0v) is 17.6. The Morgan fingerprint density at radius 3 is 2.64 bits per heavy atom. The highest BCUT2D eigenvalue weighted by molar-refractivity contribution is 7.86. The smallest absolute Gasteiger partial charge is 0.325 e. The van der Waals surface area contributed by atoms with Crippen LogP contribution >= 0.6 is 11.3 Å². The molecular formula is C17H23N5O4S2. The first-order chi connectivity index (χ1) is 13.3. The van der Waals surface area contributed by atoms with Gasteiger partial charge in [0.25, 0.3) is 10.2 Å². The van der Waals surface area contributed by atoms with Gasteiger partial charge < -0.3 is 10.1 Å². The van der Waals surface area contributed by atoms with E-state index in [1.54, 1.807) is 24.3 Å². The molecule has 9 nitrogen and oxygen atoms in total. The second-order valence-corrected chi connectivity index (χ2v) is 9.53. The second-order valence-electron chi connectivity index (χ2n) is 6.30. The summed E-state index contributed by atoms with van der Waals surface area (Å²) in [5.41, 5.74) is 1.46. The average Bonchev–Trinajstić information content (AvgIpc) is 3.04. The maximum Gasteiger partial charge on any atom is 0.325 e. The lowest BCUT2D eigenvalue weighted by Crippen LogP contribution is -2.42. The van der Waals surface area contributed by atoms with Crippen LogP contribution in [0, 0.1) is 0 Å². The minimum Gasteiger partial charge on any atom is -0.494 e. The minimum atomic E-state index is -3.47. The first kappa shape index (κ1) is 20.5. The summed E-state index contributed by atoms with van der Waals surface area (Å²) in [5, 5.41) is 5.89. The van der Waals surface area contributed by atoms with Crippen molar-refractivity contribution in [3.05, 3.63) is 34.8 Å². The Labute approximate surface area is 168 Å². The molecule has 1 aromatic heterocycles. The lowest BCUT2D eigenvalue weighted by molar-refractivity contribution is 0.262. The first-order valence-electron chi connectivity index (χ1n) is 8.76. The Balaban J connectivity index is 1.62. The van der Waals surface area contributed by atoms with Crippen LogP contribution in [0.2, 0.25) is 0 Å². The number of thiazole rings is 1. The molecule has 0 spiro atoms. The van der Waals surface area contributed by atoms with Crippen LogP contribution < -0.4 is 15.4 Å². The minimum absolute atomic E-state index is 0.260. The van der Waals surface area contributed by atoms with Crippen molar-refractivity contribution in [2.24, 2.45) is 0 Å². The summed E-state index contributed by atoms with van der Waals surface area (Å²) in [6.07, 6.45) is 0.515. The maximum atomic E-state index is 12.3. The molecule has 0 fully saturated rings. The molecule has 152 valence electrons. The SMILES string of the molecule is CCOc1ccc(NC(=O)Nc2nc3c(s2)CN(S(=O)(=O)N(C)C)CC3)cc1. The van der Waals surface area contributed by atoms with E-state index in [0.717, 1.165) is 16.3 Å². The summed E-state index contributed by atoms with van der Waals surface area (Å²) in [7, 11) is -0.450. The molecule has 1 aliphatic rings. The molecule has 0 saturated heterocycles. The van der Waals surface area contributed by atoms with Gasteiger partial charge in [-0.2, -0.15) is 17.0 Å². The van der Waals surface area contributed by atoms with Crippen molar-refractivity contribution in [1.82, 2.24) is 13.6 Å². The van der Waals surface area contributed by atoms with Gasteiger partial charge in [0.15, 0.2) is 5.13 Å². The van der Waals surface area contributed by atoms with Crippen molar-refractivity contribution in [1.29, 1.82) is 0 Å². The van der Waals surface area contributed by atoms with Crippen LogP contribution in [-0.4, -0.2) is 55.3 Å². The number of fused-ring (bicyclic) bond motifs is 1. The summed E-state index contributed by atoms with van der Waals surface area (Å²) in [6.45, 7) is 3.11. The van der Waals surface area contributed by atoms with Crippen LogP contribution in [0.25, 0.3) is 0 Å². The molecule has 1 aliphatic heterocycles. The summed E-state index contributed by atoms with van der Waals surface area (Å²) in [4.78, 5) is 17.5. The van der Waals surface area contributed by atoms with Gasteiger partial charge in [0.05, 0.1) is 18.8 Å². The molecule has 2 aromatic rings.